The molecule has 6 heteroatoms. The number of methoxy groups -OCH3 is 1. The molecule has 1 aromatic rings. The zero-order valence-corrected chi connectivity index (χ0v) is 17.0. The maximum absolute atomic E-state index is 11.0. The summed E-state index contributed by atoms with van der Waals surface area (Å²) in [6.45, 7) is 1.94. The van der Waals surface area contributed by atoms with Crippen LogP contribution in [0.5, 0.6) is 0 Å². The summed E-state index contributed by atoms with van der Waals surface area (Å²) in [5.41, 5.74) is 2.65. The van der Waals surface area contributed by atoms with Crippen LogP contribution in [0.15, 0.2) is 51.6 Å². The van der Waals surface area contributed by atoms with E-state index in [0.717, 1.165) is 27.6 Å². The third kappa shape index (κ3) is 5.06. The Balaban J connectivity index is 2.32. The lowest BCUT2D eigenvalue weighted by molar-refractivity contribution is -0.109. The summed E-state index contributed by atoms with van der Waals surface area (Å²) in [5.74, 6) is 0.156. The molecule has 1 aliphatic rings. The van der Waals surface area contributed by atoms with Gasteiger partial charge in [-0.05, 0) is 47.0 Å². The van der Waals surface area contributed by atoms with Crippen molar-refractivity contribution in [1.29, 1.82) is 0 Å². The van der Waals surface area contributed by atoms with Gasteiger partial charge in [-0.2, -0.15) is 0 Å². The number of carbonyl (C=O) groups is 1. The third-order valence-electron chi connectivity index (χ3n) is 3.73. The maximum Gasteiger partial charge on any atom is 0.198 e. The first-order chi connectivity index (χ1) is 12.0. The van der Waals surface area contributed by atoms with Gasteiger partial charge in [-0.3, -0.25) is 0 Å². The van der Waals surface area contributed by atoms with Gasteiger partial charge in [0.1, 0.15) is 6.29 Å². The first-order valence-electron chi connectivity index (χ1n) is 7.74. The summed E-state index contributed by atoms with van der Waals surface area (Å²) in [5, 5.41) is 1.21. The fraction of sp³-hybridized carbons (Fsp3) is 0.263. The normalized spacial score (nSPS) is 18.1. The van der Waals surface area contributed by atoms with Crippen molar-refractivity contribution in [3.05, 3.63) is 62.2 Å². The molecule has 0 spiro atoms. The van der Waals surface area contributed by atoms with Crippen molar-refractivity contribution in [2.45, 2.75) is 19.8 Å². The molecular weight excluding hydrogens is 425 g/mol. The van der Waals surface area contributed by atoms with Crippen LogP contribution < -0.4 is 0 Å². The zero-order valence-electron chi connectivity index (χ0n) is 13.9. The quantitative estimate of drug-likeness (QED) is 0.307. The minimum atomic E-state index is -0.300. The molecule has 0 saturated carbocycles. The Morgan fingerprint density at radius 2 is 2.20 bits per heavy atom. The molecule has 25 heavy (non-hydrogen) atoms. The first-order valence-corrected chi connectivity index (χ1v) is 9.29. The van der Waals surface area contributed by atoms with Crippen LogP contribution in [0.3, 0.4) is 0 Å². The molecule has 0 N–H and O–H groups in total. The van der Waals surface area contributed by atoms with Gasteiger partial charge in [0, 0.05) is 27.2 Å². The van der Waals surface area contributed by atoms with E-state index in [1.807, 2.05) is 37.3 Å². The molecule has 1 aliphatic heterocycles. The van der Waals surface area contributed by atoms with Gasteiger partial charge in [0.2, 0.25) is 0 Å². The van der Waals surface area contributed by atoms with E-state index in [0.29, 0.717) is 28.8 Å². The molecule has 0 amide bonds. The SMILES string of the molecule is C/C=C\C(=C/CC1=CCC(C=O)C(OC)=N1)c1cc(Cl)cc(Br)c1Cl. The Labute approximate surface area is 166 Å². The summed E-state index contributed by atoms with van der Waals surface area (Å²) in [6.07, 6.45) is 9.97. The molecule has 1 atom stereocenters. The van der Waals surface area contributed by atoms with Crippen LogP contribution in [0.4, 0.5) is 0 Å². The number of rotatable bonds is 5. The number of carbonyl (C=O) groups excluding carboxylic acids is 1. The molecule has 0 aliphatic carbocycles. The second-order valence-electron chi connectivity index (χ2n) is 5.44. The molecule has 0 saturated heterocycles. The van der Waals surface area contributed by atoms with E-state index < -0.39 is 0 Å². The fourth-order valence-electron chi connectivity index (χ4n) is 2.50. The van der Waals surface area contributed by atoms with E-state index in [2.05, 4.69) is 20.9 Å². The summed E-state index contributed by atoms with van der Waals surface area (Å²) < 4.78 is 5.96. The van der Waals surface area contributed by atoms with E-state index in [1.54, 1.807) is 6.07 Å². The molecule has 132 valence electrons. The number of aldehydes is 1. The molecule has 0 bridgehead atoms. The highest BCUT2D eigenvalue weighted by molar-refractivity contribution is 9.10. The Morgan fingerprint density at radius 1 is 1.44 bits per heavy atom. The van der Waals surface area contributed by atoms with Crippen molar-refractivity contribution in [2.75, 3.05) is 7.11 Å². The predicted molar refractivity (Wildman–Crippen MR) is 108 cm³/mol. The van der Waals surface area contributed by atoms with Crippen molar-refractivity contribution in [3.63, 3.8) is 0 Å². The number of halogens is 3. The van der Waals surface area contributed by atoms with Gasteiger partial charge in [-0.1, -0.05) is 47.5 Å². The molecule has 0 aromatic heterocycles. The van der Waals surface area contributed by atoms with E-state index in [1.165, 1.54) is 7.11 Å². The number of aliphatic imine (C=N–C) groups is 1. The number of ether oxygens (including phenoxy) is 1. The van der Waals surface area contributed by atoms with Gasteiger partial charge in [-0.25, -0.2) is 4.99 Å². The van der Waals surface area contributed by atoms with Crippen molar-refractivity contribution < 1.29 is 9.53 Å². The van der Waals surface area contributed by atoms with E-state index in [9.17, 15) is 4.79 Å². The van der Waals surface area contributed by atoms with Gasteiger partial charge in [0.05, 0.1) is 18.1 Å². The second-order valence-corrected chi connectivity index (χ2v) is 7.11. The average molecular weight is 443 g/mol. The van der Waals surface area contributed by atoms with Crippen LogP contribution in [0.1, 0.15) is 25.3 Å². The number of nitrogens with zero attached hydrogens (tertiary/aromatic N) is 1. The molecule has 0 fully saturated rings. The Bertz CT molecular complexity index is 782. The average Bonchev–Trinajstić information content (AvgIpc) is 2.61. The van der Waals surface area contributed by atoms with Crippen LogP contribution >= 0.6 is 39.1 Å². The maximum atomic E-state index is 11.0. The highest BCUT2D eigenvalue weighted by Gasteiger charge is 2.19. The summed E-state index contributed by atoms with van der Waals surface area (Å²) in [4.78, 5) is 15.5. The summed E-state index contributed by atoms with van der Waals surface area (Å²) >= 11 is 16.0. The molecule has 1 unspecified atom stereocenters. The highest BCUT2D eigenvalue weighted by atomic mass is 79.9. The number of benzene rings is 1. The van der Waals surface area contributed by atoms with Gasteiger partial charge in [0.15, 0.2) is 5.90 Å². The zero-order chi connectivity index (χ0) is 18.4. The molecule has 1 heterocycles. The second kappa shape index (κ2) is 9.37. The topological polar surface area (TPSA) is 38.7 Å². The lowest BCUT2D eigenvalue weighted by Crippen LogP contribution is -2.20. The Hall–Kier alpha value is -1.36. The number of hydrogen-bond donors (Lipinski definition) is 0. The monoisotopic (exact) mass is 441 g/mol. The highest BCUT2D eigenvalue weighted by Crippen LogP contribution is 2.35. The smallest absolute Gasteiger partial charge is 0.198 e. The summed E-state index contributed by atoms with van der Waals surface area (Å²) in [7, 11) is 1.53. The molecule has 0 radical (unpaired) electrons. The predicted octanol–water partition coefficient (Wildman–Crippen LogP) is 6.25. The van der Waals surface area contributed by atoms with Crippen molar-refractivity contribution in [1.82, 2.24) is 0 Å². The molecule has 2 rings (SSSR count). The van der Waals surface area contributed by atoms with E-state index in [4.69, 9.17) is 27.9 Å². The lowest BCUT2D eigenvalue weighted by Gasteiger charge is -2.16. The first kappa shape index (κ1) is 20.0. The Kier molecular flexibility index (Phi) is 7.48. The summed E-state index contributed by atoms with van der Waals surface area (Å²) in [6, 6.07) is 3.60. The van der Waals surface area contributed by atoms with Crippen molar-refractivity contribution in [2.24, 2.45) is 10.9 Å². The van der Waals surface area contributed by atoms with Crippen LogP contribution in [0.25, 0.3) is 5.57 Å². The largest absolute Gasteiger partial charge is 0.484 e. The van der Waals surface area contributed by atoms with E-state index in [-0.39, 0.29) is 5.92 Å². The van der Waals surface area contributed by atoms with Crippen LogP contribution in [-0.2, 0) is 9.53 Å². The van der Waals surface area contributed by atoms with Gasteiger partial charge < -0.3 is 9.53 Å². The number of hydrogen-bond acceptors (Lipinski definition) is 3. The number of allylic oxidation sites excluding steroid dienone is 5. The molecule has 3 nitrogen and oxygen atoms in total. The van der Waals surface area contributed by atoms with Gasteiger partial charge in [0.25, 0.3) is 0 Å². The lowest BCUT2D eigenvalue weighted by atomic mass is 10.0. The van der Waals surface area contributed by atoms with E-state index >= 15 is 0 Å². The Morgan fingerprint density at radius 3 is 2.84 bits per heavy atom. The van der Waals surface area contributed by atoms with Gasteiger partial charge in [-0.15, -0.1) is 0 Å². The van der Waals surface area contributed by atoms with Gasteiger partial charge >= 0.3 is 0 Å². The van der Waals surface area contributed by atoms with Crippen LogP contribution in [-0.4, -0.2) is 19.3 Å². The van der Waals surface area contributed by atoms with Crippen molar-refractivity contribution in [3.8, 4) is 0 Å². The minimum absolute atomic E-state index is 0.300. The standard InChI is InChI=1S/C19H18BrCl2NO2/c1-3-4-12(16-9-14(21)10-17(20)18(16)22)5-7-15-8-6-13(11-24)19(23-15)25-2/h3-5,8-11,13H,6-7H2,1-2H3/b4-3-,12-5+. The van der Waals surface area contributed by atoms with Crippen LogP contribution in [0, 0.1) is 5.92 Å². The fourth-order valence-corrected chi connectivity index (χ4v) is 3.53. The molecular formula is C19H18BrCl2NO2. The minimum Gasteiger partial charge on any atom is -0.484 e. The third-order valence-corrected chi connectivity index (χ3v) is 5.21. The van der Waals surface area contributed by atoms with Crippen LogP contribution in [0.2, 0.25) is 10.0 Å². The van der Waals surface area contributed by atoms with Crippen molar-refractivity contribution >= 4 is 56.9 Å². The molecule has 1 aromatic carbocycles.